The van der Waals surface area contributed by atoms with Crippen LogP contribution in [0.2, 0.25) is 0 Å². The van der Waals surface area contributed by atoms with E-state index >= 15 is 0 Å². The van der Waals surface area contributed by atoms with Crippen molar-refractivity contribution in [1.29, 1.82) is 0 Å². The van der Waals surface area contributed by atoms with E-state index in [1.807, 2.05) is 13.8 Å². The molecular weight excluding hydrogens is 186 g/mol. The third kappa shape index (κ3) is 3.74. The maximum atomic E-state index is 11.5. The second kappa shape index (κ2) is 5.54. The van der Waals surface area contributed by atoms with Gasteiger partial charge in [0.25, 0.3) is 0 Å². The highest BCUT2D eigenvalue weighted by atomic mass is 16.1. The van der Waals surface area contributed by atoms with Crippen molar-refractivity contribution >= 4 is 5.91 Å². The number of hydrogen-bond donors (Lipinski definition) is 1. The predicted octanol–water partition coefficient (Wildman–Crippen LogP) is 2.37. The second-order valence-corrected chi connectivity index (χ2v) is 3.96. The normalized spacial score (nSPS) is 10.1. The molecule has 0 aliphatic heterocycles. The Morgan fingerprint density at radius 2 is 2.07 bits per heavy atom. The first kappa shape index (κ1) is 11.8. The Balaban J connectivity index is 2.63. The number of aryl methyl sites for hydroxylation is 2. The van der Waals surface area contributed by atoms with Gasteiger partial charge in [0.15, 0.2) is 0 Å². The lowest BCUT2D eigenvalue weighted by Crippen LogP contribution is -2.25. The number of hydrogen-bond acceptors (Lipinski definition) is 1. The Kier molecular flexibility index (Phi) is 4.35. The molecule has 1 rings (SSSR count). The van der Waals surface area contributed by atoms with E-state index in [4.69, 9.17) is 0 Å². The van der Waals surface area contributed by atoms with Crippen molar-refractivity contribution in [3.63, 3.8) is 0 Å². The van der Waals surface area contributed by atoms with Crippen LogP contribution in [0.5, 0.6) is 0 Å². The van der Waals surface area contributed by atoms with Crippen molar-refractivity contribution < 1.29 is 4.79 Å². The number of nitrogens with one attached hydrogen (secondary N) is 1. The summed E-state index contributed by atoms with van der Waals surface area (Å²) in [6, 6.07) is 6.22. The lowest BCUT2D eigenvalue weighted by atomic mass is 10.0. The van der Waals surface area contributed by atoms with Gasteiger partial charge >= 0.3 is 0 Å². The van der Waals surface area contributed by atoms with Crippen molar-refractivity contribution in [2.75, 3.05) is 6.54 Å². The topological polar surface area (TPSA) is 29.1 Å². The molecule has 0 heterocycles. The van der Waals surface area contributed by atoms with Gasteiger partial charge < -0.3 is 5.32 Å². The third-order valence-corrected chi connectivity index (χ3v) is 2.43. The lowest BCUT2D eigenvalue weighted by Gasteiger charge is -2.07. The Morgan fingerprint density at radius 3 is 2.73 bits per heavy atom. The van der Waals surface area contributed by atoms with Gasteiger partial charge in [-0.05, 0) is 31.4 Å². The molecule has 0 aliphatic rings. The fraction of sp³-hybridized carbons (Fsp3) is 0.462. The summed E-state index contributed by atoms with van der Waals surface area (Å²) in [6.45, 7) is 6.91. The summed E-state index contributed by atoms with van der Waals surface area (Å²) in [5.74, 6) is 0.116. The summed E-state index contributed by atoms with van der Waals surface area (Å²) in [5.41, 5.74) is 3.52. The molecule has 0 fully saturated rings. The maximum absolute atomic E-state index is 11.5. The van der Waals surface area contributed by atoms with E-state index in [2.05, 4.69) is 30.4 Å². The predicted molar refractivity (Wildman–Crippen MR) is 62.9 cm³/mol. The molecule has 0 atom stereocenters. The molecular formula is C13H19NO. The minimum Gasteiger partial charge on any atom is -0.356 e. The zero-order chi connectivity index (χ0) is 11.3. The monoisotopic (exact) mass is 205 g/mol. The first-order valence-corrected chi connectivity index (χ1v) is 5.46. The number of rotatable bonds is 4. The summed E-state index contributed by atoms with van der Waals surface area (Å²) in [5, 5.41) is 2.89. The van der Waals surface area contributed by atoms with Gasteiger partial charge in [-0.1, -0.05) is 30.7 Å². The van der Waals surface area contributed by atoms with Gasteiger partial charge in [0.1, 0.15) is 0 Å². The fourth-order valence-electron chi connectivity index (χ4n) is 1.49. The molecule has 1 N–H and O–H groups in total. The molecule has 0 spiro atoms. The molecule has 0 saturated heterocycles. The molecule has 0 aromatic heterocycles. The molecule has 1 aromatic rings. The average Bonchev–Trinajstić information content (AvgIpc) is 2.20. The van der Waals surface area contributed by atoms with Crippen molar-refractivity contribution in [3.8, 4) is 0 Å². The van der Waals surface area contributed by atoms with Gasteiger partial charge in [-0.15, -0.1) is 0 Å². The highest BCUT2D eigenvalue weighted by Gasteiger charge is 2.04. The van der Waals surface area contributed by atoms with Crippen LogP contribution in [-0.2, 0) is 11.2 Å². The molecule has 15 heavy (non-hydrogen) atoms. The Labute approximate surface area is 91.7 Å². The first-order valence-electron chi connectivity index (χ1n) is 5.46. The molecule has 0 bridgehead atoms. The highest BCUT2D eigenvalue weighted by Crippen LogP contribution is 2.11. The summed E-state index contributed by atoms with van der Waals surface area (Å²) >= 11 is 0. The van der Waals surface area contributed by atoms with Gasteiger partial charge in [-0.3, -0.25) is 4.79 Å². The van der Waals surface area contributed by atoms with Crippen LogP contribution >= 0.6 is 0 Å². The maximum Gasteiger partial charge on any atom is 0.224 e. The molecule has 0 saturated carbocycles. The van der Waals surface area contributed by atoms with Gasteiger partial charge in [-0.2, -0.15) is 0 Å². The smallest absolute Gasteiger partial charge is 0.224 e. The van der Waals surface area contributed by atoms with Crippen LogP contribution in [0.3, 0.4) is 0 Å². The number of amides is 1. The zero-order valence-corrected chi connectivity index (χ0v) is 9.76. The third-order valence-electron chi connectivity index (χ3n) is 2.43. The van der Waals surface area contributed by atoms with E-state index in [0.717, 1.165) is 18.5 Å². The fourth-order valence-corrected chi connectivity index (χ4v) is 1.49. The van der Waals surface area contributed by atoms with Crippen molar-refractivity contribution in [1.82, 2.24) is 5.32 Å². The van der Waals surface area contributed by atoms with Crippen LogP contribution in [0.15, 0.2) is 18.2 Å². The zero-order valence-electron chi connectivity index (χ0n) is 9.76. The molecule has 0 radical (unpaired) electrons. The van der Waals surface area contributed by atoms with E-state index in [9.17, 15) is 4.79 Å². The quantitative estimate of drug-likeness (QED) is 0.803. The van der Waals surface area contributed by atoms with E-state index in [1.54, 1.807) is 0 Å². The van der Waals surface area contributed by atoms with Crippen molar-refractivity contribution in [2.24, 2.45) is 0 Å². The van der Waals surface area contributed by atoms with Crippen LogP contribution in [-0.4, -0.2) is 12.5 Å². The standard InChI is InChI=1S/C13H19NO/c1-4-7-14-13(15)9-12-8-10(2)5-6-11(12)3/h5-6,8H,4,7,9H2,1-3H3,(H,14,15). The van der Waals surface area contributed by atoms with E-state index in [0.29, 0.717) is 6.42 Å². The van der Waals surface area contributed by atoms with Gasteiger partial charge in [0, 0.05) is 6.54 Å². The van der Waals surface area contributed by atoms with E-state index in [1.165, 1.54) is 11.1 Å². The van der Waals surface area contributed by atoms with Gasteiger partial charge in [-0.25, -0.2) is 0 Å². The molecule has 0 aliphatic carbocycles. The van der Waals surface area contributed by atoms with Crippen LogP contribution < -0.4 is 5.32 Å². The Hall–Kier alpha value is -1.31. The summed E-state index contributed by atoms with van der Waals surface area (Å²) < 4.78 is 0. The Morgan fingerprint density at radius 1 is 1.33 bits per heavy atom. The highest BCUT2D eigenvalue weighted by molar-refractivity contribution is 5.78. The van der Waals surface area contributed by atoms with E-state index < -0.39 is 0 Å². The minimum absolute atomic E-state index is 0.116. The SMILES string of the molecule is CCCNC(=O)Cc1cc(C)ccc1C. The van der Waals surface area contributed by atoms with Crippen LogP contribution in [0.25, 0.3) is 0 Å². The van der Waals surface area contributed by atoms with E-state index in [-0.39, 0.29) is 5.91 Å². The summed E-state index contributed by atoms with van der Waals surface area (Å²) in [6.07, 6.45) is 1.48. The van der Waals surface area contributed by atoms with Crippen molar-refractivity contribution in [2.45, 2.75) is 33.6 Å². The first-order chi connectivity index (χ1) is 7.13. The Bertz CT molecular complexity index is 344. The van der Waals surface area contributed by atoms with Crippen LogP contribution in [0.1, 0.15) is 30.0 Å². The van der Waals surface area contributed by atoms with Crippen LogP contribution in [0.4, 0.5) is 0 Å². The van der Waals surface area contributed by atoms with Gasteiger partial charge in [0.05, 0.1) is 6.42 Å². The molecule has 1 amide bonds. The largest absolute Gasteiger partial charge is 0.356 e. The van der Waals surface area contributed by atoms with Crippen LogP contribution in [0, 0.1) is 13.8 Å². The van der Waals surface area contributed by atoms with Crippen molar-refractivity contribution in [3.05, 3.63) is 34.9 Å². The summed E-state index contributed by atoms with van der Waals surface area (Å²) in [4.78, 5) is 11.5. The average molecular weight is 205 g/mol. The second-order valence-electron chi connectivity index (χ2n) is 3.96. The number of carbonyl (C=O) groups excluding carboxylic acids is 1. The molecule has 82 valence electrons. The molecule has 0 unspecified atom stereocenters. The molecule has 2 nitrogen and oxygen atoms in total. The van der Waals surface area contributed by atoms with Gasteiger partial charge in [0.2, 0.25) is 5.91 Å². The minimum atomic E-state index is 0.116. The molecule has 1 aromatic carbocycles. The molecule has 2 heteroatoms. The summed E-state index contributed by atoms with van der Waals surface area (Å²) in [7, 11) is 0. The number of benzene rings is 1. The lowest BCUT2D eigenvalue weighted by molar-refractivity contribution is -0.120. The number of carbonyl (C=O) groups is 1.